The number of halogens is 2. The lowest BCUT2D eigenvalue weighted by molar-refractivity contribution is 0.429. The van der Waals surface area contributed by atoms with Crippen molar-refractivity contribution in [3.05, 3.63) is 36.2 Å². The molecule has 0 radical (unpaired) electrons. The zero-order valence-electron chi connectivity index (χ0n) is 8.76. The highest BCUT2D eigenvalue weighted by Gasteiger charge is 2.16. The van der Waals surface area contributed by atoms with Crippen molar-refractivity contribution in [3.63, 3.8) is 0 Å². The van der Waals surface area contributed by atoms with Crippen molar-refractivity contribution in [1.82, 2.24) is 25.3 Å². The Hall–Kier alpha value is -2.64. The summed E-state index contributed by atoms with van der Waals surface area (Å²) in [6.45, 7) is 0. The molecule has 2 aromatic heterocycles. The SMILES string of the molecule is Fc1ccc(F)c(-c2nc(-c3ncn[nH]3)no2)c1. The van der Waals surface area contributed by atoms with Crippen molar-refractivity contribution in [1.29, 1.82) is 0 Å². The van der Waals surface area contributed by atoms with Gasteiger partial charge in [0.25, 0.3) is 5.89 Å². The van der Waals surface area contributed by atoms with Crippen LogP contribution in [-0.2, 0) is 0 Å². The molecule has 18 heavy (non-hydrogen) atoms. The summed E-state index contributed by atoms with van der Waals surface area (Å²) in [5.74, 6) is -0.971. The highest BCUT2D eigenvalue weighted by Crippen LogP contribution is 2.23. The van der Waals surface area contributed by atoms with Gasteiger partial charge in [-0.1, -0.05) is 5.16 Å². The molecular weight excluding hydrogens is 244 g/mol. The summed E-state index contributed by atoms with van der Waals surface area (Å²) in [4.78, 5) is 7.72. The molecule has 90 valence electrons. The fourth-order valence-electron chi connectivity index (χ4n) is 1.40. The second-order valence-corrected chi connectivity index (χ2v) is 3.38. The van der Waals surface area contributed by atoms with Gasteiger partial charge in [0, 0.05) is 0 Å². The topological polar surface area (TPSA) is 80.5 Å². The van der Waals surface area contributed by atoms with Crippen LogP contribution in [0.4, 0.5) is 8.78 Å². The molecule has 1 aromatic carbocycles. The van der Waals surface area contributed by atoms with Gasteiger partial charge in [0.1, 0.15) is 18.0 Å². The Morgan fingerprint density at radius 1 is 1.22 bits per heavy atom. The first-order valence-electron chi connectivity index (χ1n) is 4.89. The van der Waals surface area contributed by atoms with Crippen molar-refractivity contribution in [2.45, 2.75) is 0 Å². The molecular formula is C10H5F2N5O. The van der Waals surface area contributed by atoms with Crippen LogP contribution in [0.5, 0.6) is 0 Å². The molecule has 3 rings (SSSR count). The Balaban J connectivity index is 2.05. The normalized spacial score (nSPS) is 10.8. The Labute approximate surface area is 98.7 Å². The Morgan fingerprint density at radius 2 is 2.11 bits per heavy atom. The fraction of sp³-hybridized carbons (Fsp3) is 0. The number of hydrogen-bond acceptors (Lipinski definition) is 5. The maximum absolute atomic E-state index is 13.5. The summed E-state index contributed by atoms with van der Waals surface area (Å²) in [6.07, 6.45) is 1.27. The zero-order chi connectivity index (χ0) is 12.5. The Kier molecular flexibility index (Phi) is 2.33. The highest BCUT2D eigenvalue weighted by molar-refractivity contribution is 5.56. The molecule has 0 bridgehead atoms. The van der Waals surface area contributed by atoms with Crippen LogP contribution in [0.1, 0.15) is 0 Å². The van der Waals surface area contributed by atoms with Gasteiger partial charge in [-0.3, -0.25) is 5.10 Å². The minimum atomic E-state index is -0.649. The van der Waals surface area contributed by atoms with Gasteiger partial charge in [0.2, 0.25) is 5.82 Å². The summed E-state index contributed by atoms with van der Waals surface area (Å²) < 4.78 is 31.4. The lowest BCUT2D eigenvalue weighted by Crippen LogP contribution is -1.87. The first-order valence-corrected chi connectivity index (χ1v) is 4.89. The molecule has 0 atom stereocenters. The molecule has 0 saturated carbocycles. The minimum absolute atomic E-state index is 0.103. The molecule has 0 aliphatic rings. The van der Waals surface area contributed by atoms with Gasteiger partial charge in [-0.25, -0.2) is 13.8 Å². The van der Waals surface area contributed by atoms with E-state index in [9.17, 15) is 8.78 Å². The average Bonchev–Trinajstić information content (AvgIpc) is 3.00. The number of H-pyrrole nitrogens is 1. The average molecular weight is 249 g/mol. The van der Waals surface area contributed by atoms with E-state index in [2.05, 4.69) is 25.3 Å². The van der Waals surface area contributed by atoms with Crippen LogP contribution in [-0.4, -0.2) is 25.3 Å². The molecule has 2 heterocycles. The molecule has 6 nitrogen and oxygen atoms in total. The first-order chi connectivity index (χ1) is 8.74. The van der Waals surface area contributed by atoms with Crippen LogP contribution in [0.15, 0.2) is 29.0 Å². The van der Waals surface area contributed by atoms with Gasteiger partial charge in [-0.05, 0) is 18.2 Å². The van der Waals surface area contributed by atoms with Gasteiger partial charge in [-0.15, -0.1) is 0 Å². The Bertz CT molecular complexity index is 679. The van der Waals surface area contributed by atoms with Crippen LogP contribution in [0.2, 0.25) is 0 Å². The van der Waals surface area contributed by atoms with Crippen LogP contribution in [0.3, 0.4) is 0 Å². The monoisotopic (exact) mass is 249 g/mol. The minimum Gasteiger partial charge on any atom is -0.333 e. The molecule has 8 heteroatoms. The number of aromatic amines is 1. The van der Waals surface area contributed by atoms with Gasteiger partial charge in [-0.2, -0.15) is 10.1 Å². The number of nitrogens with zero attached hydrogens (tertiary/aromatic N) is 4. The van der Waals surface area contributed by atoms with E-state index in [0.29, 0.717) is 0 Å². The predicted octanol–water partition coefficient (Wildman–Crippen LogP) is 1.80. The second-order valence-electron chi connectivity index (χ2n) is 3.38. The van der Waals surface area contributed by atoms with Crippen molar-refractivity contribution < 1.29 is 13.3 Å². The first kappa shape index (κ1) is 10.5. The third-order valence-electron chi connectivity index (χ3n) is 2.21. The Morgan fingerprint density at radius 3 is 2.89 bits per heavy atom. The van der Waals surface area contributed by atoms with E-state index in [0.717, 1.165) is 18.2 Å². The maximum atomic E-state index is 13.5. The quantitative estimate of drug-likeness (QED) is 0.748. The second kappa shape index (κ2) is 3.99. The number of nitrogens with one attached hydrogen (secondary N) is 1. The van der Waals surface area contributed by atoms with E-state index in [1.165, 1.54) is 6.33 Å². The lowest BCUT2D eigenvalue weighted by Gasteiger charge is -1.96. The molecule has 3 aromatic rings. The van der Waals surface area contributed by atoms with Crippen molar-refractivity contribution >= 4 is 0 Å². The lowest BCUT2D eigenvalue weighted by atomic mass is 10.2. The summed E-state index contributed by atoms with van der Waals surface area (Å²) in [7, 11) is 0. The van der Waals surface area contributed by atoms with E-state index < -0.39 is 11.6 Å². The third-order valence-corrected chi connectivity index (χ3v) is 2.21. The number of aromatic nitrogens is 5. The molecule has 0 aliphatic carbocycles. The van der Waals surface area contributed by atoms with Gasteiger partial charge in [0.05, 0.1) is 5.56 Å². The molecule has 0 fully saturated rings. The van der Waals surface area contributed by atoms with Gasteiger partial charge >= 0.3 is 0 Å². The molecule has 0 amide bonds. The van der Waals surface area contributed by atoms with E-state index in [-0.39, 0.29) is 23.1 Å². The predicted molar refractivity (Wildman–Crippen MR) is 55.0 cm³/mol. The summed E-state index contributed by atoms with van der Waals surface area (Å²) in [6, 6.07) is 2.97. The molecule has 1 N–H and O–H groups in total. The van der Waals surface area contributed by atoms with Crippen molar-refractivity contribution in [2.24, 2.45) is 0 Å². The van der Waals surface area contributed by atoms with Crippen molar-refractivity contribution in [3.8, 4) is 23.1 Å². The maximum Gasteiger partial charge on any atom is 0.261 e. The van der Waals surface area contributed by atoms with Gasteiger partial charge < -0.3 is 4.52 Å². The largest absolute Gasteiger partial charge is 0.333 e. The van der Waals surface area contributed by atoms with E-state index in [1.807, 2.05) is 0 Å². The number of rotatable bonds is 2. The van der Waals surface area contributed by atoms with Crippen LogP contribution < -0.4 is 0 Å². The molecule has 0 spiro atoms. The van der Waals surface area contributed by atoms with Crippen LogP contribution >= 0.6 is 0 Å². The van der Waals surface area contributed by atoms with E-state index in [1.54, 1.807) is 0 Å². The summed E-state index contributed by atoms with van der Waals surface area (Å²) in [5.41, 5.74) is -0.103. The van der Waals surface area contributed by atoms with Crippen molar-refractivity contribution in [2.75, 3.05) is 0 Å². The van der Waals surface area contributed by atoms with Gasteiger partial charge in [0.15, 0.2) is 5.82 Å². The summed E-state index contributed by atoms with van der Waals surface area (Å²) in [5, 5.41) is 9.75. The standard InChI is InChI=1S/C10H5F2N5O/c11-5-1-2-7(12)6(3-5)10-15-9(17-18-10)8-13-4-14-16-8/h1-4H,(H,13,14,16). The van der Waals surface area contributed by atoms with Crippen LogP contribution in [0, 0.1) is 11.6 Å². The summed E-state index contributed by atoms with van der Waals surface area (Å²) >= 11 is 0. The van der Waals surface area contributed by atoms with E-state index in [4.69, 9.17) is 4.52 Å². The molecule has 0 aliphatic heterocycles. The zero-order valence-corrected chi connectivity index (χ0v) is 8.76. The highest BCUT2D eigenvalue weighted by atomic mass is 19.1. The number of hydrogen-bond donors (Lipinski definition) is 1. The smallest absolute Gasteiger partial charge is 0.261 e. The molecule has 0 saturated heterocycles. The fourth-order valence-corrected chi connectivity index (χ4v) is 1.40. The third kappa shape index (κ3) is 1.73. The molecule has 0 unspecified atom stereocenters. The number of benzene rings is 1. The van der Waals surface area contributed by atoms with E-state index >= 15 is 0 Å². The van der Waals surface area contributed by atoms with Crippen LogP contribution in [0.25, 0.3) is 23.1 Å².